The number of benzene rings is 1. The molecule has 4 N–H and O–H groups in total. The molecule has 0 aliphatic carbocycles. The van der Waals surface area contributed by atoms with Crippen LogP contribution in [-0.2, 0) is 4.79 Å². The highest BCUT2D eigenvalue weighted by Crippen LogP contribution is 2.22. The Kier molecular flexibility index (Phi) is 6.02. The van der Waals surface area contributed by atoms with Crippen LogP contribution in [0.1, 0.15) is 24.2 Å². The van der Waals surface area contributed by atoms with Gasteiger partial charge in [-0.25, -0.2) is 0 Å². The second-order valence-electron chi connectivity index (χ2n) is 5.41. The van der Waals surface area contributed by atoms with Gasteiger partial charge in [-0.1, -0.05) is 13.8 Å². The molecule has 2 amide bonds. The number of carbonyl (C=O) groups is 2. The molecule has 0 saturated carbocycles. The van der Waals surface area contributed by atoms with Crippen LogP contribution in [0, 0.1) is 5.92 Å². The molecule has 0 radical (unpaired) electrons. The Morgan fingerprint density at radius 1 is 1.33 bits per heavy atom. The predicted octanol–water partition coefficient (Wildman–Crippen LogP) is 0.837. The topological polar surface area (TPSA) is 87.5 Å². The predicted molar refractivity (Wildman–Crippen MR) is 85.4 cm³/mol. The van der Waals surface area contributed by atoms with Crippen LogP contribution < -0.4 is 21.3 Å². The van der Waals surface area contributed by atoms with E-state index in [0.717, 1.165) is 0 Å². The van der Waals surface area contributed by atoms with E-state index in [1.54, 1.807) is 37.2 Å². The molecule has 0 spiro atoms. The van der Waals surface area contributed by atoms with Crippen molar-refractivity contribution in [1.82, 2.24) is 10.6 Å². The summed E-state index contributed by atoms with van der Waals surface area (Å²) < 4.78 is 0. The minimum atomic E-state index is -0.209. The molecule has 0 atom stereocenters. The summed E-state index contributed by atoms with van der Waals surface area (Å²) in [6.45, 7) is 4.86. The number of nitrogens with one attached hydrogen (secondary N) is 2. The third kappa shape index (κ3) is 4.98. The summed E-state index contributed by atoms with van der Waals surface area (Å²) in [7, 11) is 3.33. The number of nitrogens with zero attached hydrogens (tertiary/aromatic N) is 1. The van der Waals surface area contributed by atoms with Gasteiger partial charge in [0.15, 0.2) is 0 Å². The van der Waals surface area contributed by atoms with Crippen LogP contribution in [0.15, 0.2) is 18.2 Å². The second kappa shape index (κ2) is 7.52. The minimum Gasteiger partial charge on any atom is -0.399 e. The molecule has 1 rings (SSSR count). The number of carbonyl (C=O) groups excluding carboxylic acids is 2. The molecule has 0 bridgehead atoms. The molecule has 0 aliphatic heterocycles. The summed E-state index contributed by atoms with van der Waals surface area (Å²) in [5.74, 6) is 0.101. The van der Waals surface area contributed by atoms with Gasteiger partial charge in [-0.2, -0.15) is 0 Å². The SMILES string of the molecule is CNC(=O)c1ccc(N)cc1N(C)CC(=O)NCC(C)C. The van der Waals surface area contributed by atoms with Crippen LogP contribution in [-0.4, -0.2) is 39.0 Å². The van der Waals surface area contributed by atoms with Gasteiger partial charge in [-0.05, 0) is 24.1 Å². The lowest BCUT2D eigenvalue weighted by atomic mass is 10.1. The summed E-state index contributed by atoms with van der Waals surface area (Å²) in [4.78, 5) is 25.5. The summed E-state index contributed by atoms with van der Waals surface area (Å²) in [6, 6.07) is 5.02. The first-order valence-corrected chi connectivity index (χ1v) is 6.94. The van der Waals surface area contributed by atoms with Crippen LogP contribution in [0.3, 0.4) is 0 Å². The van der Waals surface area contributed by atoms with E-state index in [1.165, 1.54) is 0 Å². The summed E-state index contributed by atoms with van der Waals surface area (Å²) in [6.07, 6.45) is 0. The van der Waals surface area contributed by atoms with Crippen molar-refractivity contribution in [3.8, 4) is 0 Å². The van der Waals surface area contributed by atoms with Gasteiger partial charge in [-0.3, -0.25) is 9.59 Å². The van der Waals surface area contributed by atoms with Gasteiger partial charge in [0, 0.05) is 26.3 Å². The first-order valence-electron chi connectivity index (χ1n) is 6.94. The number of anilines is 2. The largest absolute Gasteiger partial charge is 0.399 e. The van der Waals surface area contributed by atoms with Crippen LogP contribution in [0.4, 0.5) is 11.4 Å². The highest BCUT2D eigenvalue weighted by molar-refractivity contribution is 6.00. The van der Waals surface area contributed by atoms with Gasteiger partial charge in [0.05, 0.1) is 17.8 Å². The highest BCUT2D eigenvalue weighted by atomic mass is 16.2. The fraction of sp³-hybridized carbons (Fsp3) is 0.467. The Morgan fingerprint density at radius 3 is 2.57 bits per heavy atom. The zero-order valence-corrected chi connectivity index (χ0v) is 13.1. The second-order valence-corrected chi connectivity index (χ2v) is 5.41. The molecule has 0 unspecified atom stereocenters. The zero-order chi connectivity index (χ0) is 16.0. The fourth-order valence-electron chi connectivity index (χ4n) is 1.87. The van der Waals surface area contributed by atoms with Crippen LogP contribution in [0.2, 0.25) is 0 Å². The zero-order valence-electron chi connectivity index (χ0n) is 13.1. The molecule has 1 aromatic rings. The van der Waals surface area contributed by atoms with Crippen LogP contribution in [0.25, 0.3) is 0 Å². The smallest absolute Gasteiger partial charge is 0.253 e. The summed E-state index contributed by atoms with van der Waals surface area (Å²) in [5, 5.41) is 5.43. The van der Waals surface area contributed by atoms with Crippen molar-refractivity contribution in [3.05, 3.63) is 23.8 Å². The van der Waals surface area contributed by atoms with E-state index in [-0.39, 0.29) is 18.4 Å². The minimum absolute atomic E-state index is 0.0866. The summed E-state index contributed by atoms with van der Waals surface area (Å²) >= 11 is 0. The first kappa shape index (κ1) is 16.8. The van der Waals surface area contributed by atoms with Crippen LogP contribution in [0.5, 0.6) is 0 Å². The van der Waals surface area contributed by atoms with Gasteiger partial charge in [0.25, 0.3) is 5.91 Å². The number of nitrogen functional groups attached to an aromatic ring is 1. The van der Waals surface area contributed by atoms with Crippen molar-refractivity contribution in [1.29, 1.82) is 0 Å². The Balaban J connectivity index is 2.86. The number of hydrogen-bond donors (Lipinski definition) is 3. The van der Waals surface area contributed by atoms with Crippen molar-refractivity contribution in [2.45, 2.75) is 13.8 Å². The molecule has 0 aromatic heterocycles. The molecule has 0 heterocycles. The number of likely N-dealkylation sites (N-methyl/N-ethyl adjacent to an activating group) is 1. The molecule has 21 heavy (non-hydrogen) atoms. The number of rotatable bonds is 6. The molecule has 6 nitrogen and oxygen atoms in total. The van der Waals surface area contributed by atoms with Gasteiger partial charge in [0.1, 0.15) is 0 Å². The quantitative estimate of drug-likeness (QED) is 0.678. The maximum Gasteiger partial charge on any atom is 0.253 e. The fourth-order valence-corrected chi connectivity index (χ4v) is 1.87. The molecule has 0 fully saturated rings. The lowest BCUT2D eigenvalue weighted by Crippen LogP contribution is -2.37. The number of amides is 2. The number of hydrogen-bond acceptors (Lipinski definition) is 4. The van der Waals surface area contributed by atoms with E-state index in [2.05, 4.69) is 10.6 Å². The number of nitrogens with two attached hydrogens (primary N) is 1. The van der Waals surface area contributed by atoms with E-state index >= 15 is 0 Å². The van der Waals surface area contributed by atoms with E-state index in [4.69, 9.17) is 5.73 Å². The Hall–Kier alpha value is -2.24. The van der Waals surface area contributed by atoms with Crippen molar-refractivity contribution >= 4 is 23.2 Å². The standard InChI is InChI=1S/C15H24N4O2/c1-10(2)8-18-14(20)9-19(4)13-7-11(16)5-6-12(13)15(21)17-3/h5-7,10H,8-9,16H2,1-4H3,(H,17,21)(H,18,20). The summed E-state index contributed by atoms with van der Waals surface area (Å²) in [5.41, 5.74) is 7.45. The molecular weight excluding hydrogens is 268 g/mol. The molecule has 0 aliphatic rings. The van der Waals surface area contributed by atoms with Crippen LogP contribution >= 0.6 is 0 Å². The van der Waals surface area contributed by atoms with E-state index in [9.17, 15) is 9.59 Å². The third-order valence-corrected chi connectivity index (χ3v) is 2.99. The normalized spacial score (nSPS) is 10.3. The van der Waals surface area contributed by atoms with E-state index in [1.807, 2.05) is 13.8 Å². The van der Waals surface area contributed by atoms with Gasteiger partial charge < -0.3 is 21.3 Å². The molecular formula is C15H24N4O2. The van der Waals surface area contributed by atoms with Crippen molar-refractivity contribution in [2.24, 2.45) is 5.92 Å². The van der Waals surface area contributed by atoms with Crippen molar-refractivity contribution < 1.29 is 9.59 Å². The van der Waals surface area contributed by atoms with E-state index < -0.39 is 0 Å². The molecule has 6 heteroatoms. The van der Waals surface area contributed by atoms with Gasteiger partial charge in [0.2, 0.25) is 5.91 Å². The lowest BCUT2D eigenvalue weighted by molar-refractivity contribution is -0.119. The van der Waals surface area contributed by atoms with Gasteiger partial charge in [-0.15, -0.1) is 0 Å². The van der Waals surface area contributed by atoms with Crippen molar-refractivity contribution in [2.75, 3.05) is 37.8 Å². The third-order valence-electron chi connectivity index (χ3n) is 2.99. The van der Waals surface area contributed by atoms with E-state index in [0.29, 0.717) is 29.4 Å². The molecule has 1 aromatic carbocycles. The Bertz CT molecular complexity index is 514. The Labute approximate surface area is 125 Å². The Morgan fingerprint density at radius 2 is 2.00 bits per heavy atom. The molecule has 0 saturated heterocycles. The maximum absolute atomic E-state index is 11.9. The lowest BCUT2D eigenvalue weighted by Gasteiger charge is -2.22. The van der Waals surface area contributed by atoms with Crippen molar-refractivity contribution in [3.63, 3.8) is 0 Å². The monoisotopic (exact) mass is 292 g/mol. The highest BCUT2D eigenvalue weighted by Gasteiger charge is 2.16. The average molecular weight is 292 g/mol. The maximum atomic E-state index is 11.9. The first-order chi connectivity index (χ1) is 9.85. The van der Waals surface area contributed by atoms with Gasteiger partial charge >= 0.3 is 0 Å². The molecule has 116 valence electrons. The average Bonchev–Trinajstić information content (AvgIpc) is 2.44.